The van der Waals surface area contributed by atoms with Crippen LogP contribution in [0.1, 0.15) is 41.8 Å². The topological polar surface area (TPSA) is 29.1 Å². The number of amides is 1. The van der Waals surface area contributed by atoms with Crippen LogP contribution in [-0.4, -0.2) is 5.91 Å². The summed E-state index contributed by atoms with van der Waals surface area (Å²) in [5, 5.41) is 2.91. The summed E-state index contributed by atoms with van der Waals surface area (Å²) in [6, 6.07) is 28.5. The molecule has 3 heteroatoms. The molecule has 0 aliphatic rings. The summed E-state index contributed by atoms with van der Waals surface area (Å²) >= 11 is 1.58. The molecule has 3 aromatic carbocycles. The lowest BCUT2D eigenvalue weighted by Crippen LogP contribution is -2.30. The minimum Gasteiger partial charge on any atom is -0.348 e. The highest BCUT2D eigenvalue weighted by Crippen LogP contribution is 2.35. The molecule has 0 unspecified atom stereocenters. The summed E-state index contributed by atoms with van der Waals surface area (Å²) in [7, 11) is 0. The number of benzene rings is 3. The molecule has 0 aromatic heterocycles. The fourth-order valence-corrected chi connectivity index (χ4v) is 4.01. The third-order valence-electron chi connectivity index (χ3n) is 4.58. The Bertz CT molecular complexity index is 847. The maximum Gasteiger partial charge on any atom is 0.238 e. The molecule has 3 aromatic rings. The van der Waals surface area contributed by atoms with Gasteiger partial charge in [0.05, 0.1) is 6.04 Å². The van der Waals surface area contributed by atoms with E-state index in [1.807, 2.05) is 67.6 Å². The molecule has 0 aliphatic carbocycles. The monoisotopic (exact) mass is 375 g/mol. The Kier molecular flexibility index (Phi) is 6.72. The molecule has 0 radical (unpaired) electrons. The van der Waals surface area contributed by atoms with Gasteiger partial charge < -0.3 is 5.32 Å². The van der Waals surface area contributed by atoms with Gasteiger partial charge in [0, 0.05) is 4.90 Å². The molecule has 138 valence electrons. The van der Waals surface area contributed by atoms with Crippen molar-refractivity contribution in [3.63, 3.8) is 0 Å². The molecule has 0 fully saturated rings. The average molecular weight is 376 g/mol. The van der Waals surface area contributed by atoms with Crippen LogP contribution < -0.4 is 5.32 Å². The normalized spacial score (nSPS) is 13.0. The van der Waals surface area contributed by atoms with Crippen LogP contribution in [0.3, 0.4) is 0 Å². The number of nitrogens with one attached hydrogen (secondary N) is 1. The second-order valence-electron chi connectivity index (χ2n) is 6.55. The van der Waals surface area contributed by atoms with Crippen molar-refractivity contribution in [1.82, 2.24) is 5.32 Å². The molecule has 0 saturated carbocycles. The predicted molar refractivity (Wildman–Crippen MR) is 114 cm³/mol. The van der Waals surface area contributed by atoms with Crippen LogP contribution in [0.15, 0.2) is 89.8 Å². The van der Waals surface area contributed by atoms with E-state index >= 15 is 0 Å². The van der Waals surface area contributed by atoms with E-state index in [0.717, 1.165) is 22.4 Å². The van der Waals surface area contributed by atoms with Crippen molar-refractivity contribution >= 4 is 17.7 Å². The van der Waals surface area contributed by atoms with E-state index in [-0.39, 0.29) is 17.2 Å². The fraction of sp³-hybridized carbons (Fsp3) is 0.208. The van der Waals surface area contributed by atoms with Crippen molar-refractivity contribution in [1.29, 1.82) is 0 Å². The van der Waals surface area contributed by atoms with E-state index in [4.69, 9.17) is 0 Å². The Balaban J connectivity index is 1.77. The lowest BCUT2D eigenvalue weighted by Gasteiger charge is -2.21. The standard InChI is InChI=1S/C24H25NOS/c1-3-19-14-16-20(17-15-19)18(2)25-24(26)23(21-10-6-4-7-11-21)27-22-12-8-5-9-13-22/h4-18,23H,3H2,1-2H3,(H,25,26)/t18-,23-/m0/s1. The van der Waals surface area contributed by atoms with E-state index in [2.05, 4.69) is 36.5 Å². The zero-order valence-corrected chi connectivity index (χ0v) is 16.6. The third kappa shape index (κ3) is 5.24. The highest BCUT2D eigenvalue weighted by atomic mass is 32.2. The van der Waals surface area contributed by atoms with Crippen molar-refractivity contribution < 1.29 is 4.79 Å². The summed E-state index contributed by atoms with van der Waals surface area (Å²) in [5.74, 6) is 0.0297. The first-order chi connectivity index (χ1) is 13.2. The van der Waals surface area contributed by atoms with Crippen LogP contribution in [0.4, 0.5) is 0 Å². The van der Waals surface area contributed by atoms with Crippen molar-refractivity contribution in [2.45, 2.75) is 36.5 Å². The molecule has 1 N–H and O–H groups in total. The molecule has 0 heterocycles. The van der Waals surface area contributed by atoms with Crippen LogP contribution >= 0.6 is 11.8 Å². The molecule has 0 saturated heterocycles. The zero-order valence-electron chi connectivity index (χ0n) is 15.8. The van der Waals surface area contributed by atoms with Gasteiger partial charge in [-0.1, -0.05) is 79.7 Å². The number of aryl methyl sites for hydroxylation is 1. The first kappa shape index (κ1) is 19.2. The number of thioether (sulfide) groups is 1. The van der Waals surface area contributed by atoms with Crippen molar-refractivity contribution in [3.05, 3.63) is 102 Å². The molecule has 1 amide bonds. The summed E-state index contributed by atoms with van der Waals surface area (Å²) in [4.78, 5) is 14.2. The molecule has 2 nitrogen and oxygen atoms in total. The number of rotatable bonds is 7. The Hall–Kier alpha value is -2.52. The van der Waals surface area contributed by atoms with Crippen LogP contribution in [-0.2, 0) is 11.2 Å². The quantitative estimate of drug-likeness (QED) is 0.516. The number of hydrogen-bond acceptors (Lipinski definition) is 2. The van der Waals surface area contributed by atoms with Crippen LogP contribution in [0.25, 0.3) is 0 Å². The SMILES string of the molecule is CCc1ccc([C@H](C)NC(=O)[C@@H](Sc2ccccc2)c2ccccc2)cc1. The molecular weight excluding hydrogens is 350 g/mol. The van der Waals surface area contributed by atoms with Gasteiger partial charge in [0.1, 0.15) is 5.25 Å². The summed E-state index contributed by atoms with van der Waals surface area (Å²) in [5.41, 5.74) is 3.44. The zero-order chi connectivity index (χ0) is 19.1. The van der Waals surface area contributed by atoms with Crippen LogP contribution in [0.5, 0.6) is 0 Å². The van der Waals surface area contributed by atoms with Gasteiger partial charge in [0.2, 0.25) is 5.91 Å². The number of carbonyl (C=O) groups excluding carboxylic acids is 1. The van der Waals surface area contributed by atoms with Gasteiger partial charge >= 0.3 is 0 Å². The number of hydrogen-bond donors (Lipinski definition) is 1. The minimum atomic E-state index is -0.286. The van der Waals surface area contributed by atoms with Gasteiger partial charge in [-0.15, -0.1) is 11.8 Å². The van der Waals surface area contributed by atoms with Gasteiger partial charge in [0.15, 0.2) is 0 Å². The van der Waals surface area contributed by atoms with Gasteiger partial charge in [-0.25, -0.2) is 0 Å². The highest BCUT2D eigenvalue weighted by molar-refractivity contribution is 8.00. The average Bonchev–Trinajstić information content (AvgIpc) is 2.73. The maximum absolute atomic E-state index is 13.1. The minimum absolute atomic E-state index is 0.0297. The maximum atomic E-state index is 13.1. The van der Waals surface area contributed by atoms with Crippen LogP contribution in [0, 0.1) is 0 Å². The molecule has 0 spiro atoms. The third-order valence-corrected chi connectivity index (χ3v) is 5.85. The first-order valence-corrected chi connectivity index (χ1v) is 10.2. The van der Waals surface area contributed by atoms with E-state index in [0.29, 0.717) is 0 Å². The Morgan fingerprint density at radius 2 is 1.44 bits per heavy atom. The van der Waals surface area contributed by atoms with Crippen LogP contribution in [0.2, 0.25) is 0 Å². The fourth-order valence-electron chi connectivity index (χ4n) is 2.95. The predicted octanol–water partition coefficient (Wildman–Crippen LogP) is 5.96. The Labute approximate surface area is 166 Å². The summed E-state index contributed by atoms with van der Waals surface area (Å²) in [6.07, 6.45) is 1.02. The van der Waals surface area contributed by atoms with E-state index < -0.39 is 0 Å². The lowest BCUT2D eigenvalue weighted by molar-refractivity contribution is -0.121. The smallest absolute Gasteiger partial charge is 0.238 e. The number of carbonyl (C=O) groups is 1. The van der Waals surface area contributed by atoms with Gasteiger partial charge in [-0.3, -0.25) is 4.79 Å². The van der Waals surface area contributed by atoms with Gasteiger partial charge in [-0.05, 0) is 42.2 Å². The second kappa shape index (κ2) is 9.43. The molecule has 2 atom stereocenters. The summed E-state index contributed by atoms with van der Waals surface area (Å²) in [6.45, 7) is 4.18. The van der Waals surface area contributed by atoms with Gasteiger partial charge in [0.25, 0.3) is 0 Å². The van der Waals surface area contributed by atoms with Crippen molar-refractivity contribution in [3.8, 4) is 0 Å². The lowest BCUT2D eigenvalue weighted by atomic mass is 10.0. The highest BCUT2D eigenvalue weighted by Gasteiger charge is 2.23. The largest absolute Gasteiger partial charge is 0.348 e. The molecule has 0 bridgehead atoms. The molecule has 3 rings (SSSR count). The molecular formula is C24H25NOS. The van der Waals surface area contributed by atoms with Crippen molar-refractivity contribution in [2.24, 2.45) is 0 Å². The van der Waals surface area contributed by atoms with Gasteiger partial charge in [-0.2, -0.15) is 0 Å². The first-order valence-electron chi connectivity index (χ1n) is 9.33. The van der Waals surface area contributed by atoms with E-state index in [1.54, 1.807) is 11.8 Å². The van der Waals surface area contributed by atoms with E-state index in [1.165, 1.54) is 5.56 Å². The second-order valence-corrected chi connectivity index (χ2v) is 7.73. The van der Waals surface area contributed by atoms with E-state index in [9.17, 15) is 4.79 Å². The Morgan fingerprint density at radius 3 is 2.04 bits per heavy atom. The van der Waals surface area contributed by atoms with Crippen molar-refractivity contribution in [2.75, 3.05) is 0 Å². The molecule has 0 aliphatic heterocycles. The Morgan fingerprint density at radius 1 is 0.852 bits per heavy atom. The molecule has 27 heavy (non-hydrogen) atoms. The summed E-state index contributed by atoms with van der Waals surface area (Å²) < 4.78 is 0.